The Morgan fingerprint density at radius 2 is 1.73 bits per heavy atom. The van der Waals surface area contributed by atoms with E-state index >= 15 is 0 Å². The van der Waals surface area contributed by atoms with Crippen molar-refractivity contribution in [3.63, 3.8) is 0 Å². The molecule has 1 saturated carbocycles. The molecule has 0 bridgehead atoms. The molecule has 1 unspecified atom stereocenters. The Bertz CT molecular complexity index is 1920. The van der Waals surface area contributed by atoms with Gasteiger partial charge in [-0.2, -0.15) is 0 Å². The van der Waals surface area contributed by atoms with Gasteiger partial charge in [0, 0.05) is 30.6 Å². The number of phenolic OH excluding ortho intramolecular Hbond substituents is 1. The summed E-state index contributed by atoms with van der Waals surface area (Å²) in [6.45, 7) is 2.62. The molecule has 5 aromatic rings. The van der Waals surface area contributed by atoms with E-state index < -0.39 is 17.5 Å². The molecule has 12 heteroatoms. The van der Waals surface area contributed by atoms with E-state index in [4.69, 9.17) is 9.47 Å². The fourth-order valence-corrected chi connectivity index (χ4v) is 8.59. The topological polar surface area (TPSA) is 141 Å². The predicted octanol–water partition coefficient (Wildman–Crippen LogP) is 5.96. The van der Waals surface area contributed by atoms with Gasteiger partial charge in [-0.1, -0.05) is 30.3 Å². The molecule has 3 aromatic heterocycles. The Morgan fingerprint density at radius 1 is 1.02 bits per heavy atom. The molecule has 1 atom stereocenters. The fourth-order valence-electron chi connectivity index (χ4n) is 6.87. The van der Waals surface area contributed by atoms with Gasteiger partial charge in [-0.15, -0.1) is 22.7 Å². The largest absolute Gasteiger partial charge is 0.506 e. The third-order valence-corrected chi connectivity index (χ3v) is 11.8. The van der Waals surface area contributed by atoms with Gasteiger partial charge in [0.2, 0.25) is 11.2 Å². The quantitative estimate of drug-likeness (QED) is 0.0516. The number of aliphatic hydroxyl groups is 1. The number of fused-ring (bicyclic) bond motifs is 1. The number of rotatable bonds is 17. The van der Waals surface area contributed by atoms with Crippen LogP contribution in [0.25, 0.3) is 10.9 Å². The smallest absolute Gasteiger partial charge is 0.349 e. The Morgan fingerprint density at radius 3 is 2.38 bits per heavy atom. The first-order valence-electron chi connectivity index (χ1n) is 17.7. The van der Waals surface area contributed by atoms with Crippen molar-refractivity contribution < 1.29 is 29.3 Å². The highest BCUT2D eigenvalue weighted by atomic mass is 32.1. The Balaban J connectivity index is 0.876. The van der Waals surface area contributed by atoms with Crippen molar-refractivity contribution in [3.05, 3.63) is 115 Å². The molecule has 6 rings (SSSR count). The second-order valence-electron chi connectivity index (χ2n) is 13.3. The van der Waals surface area contributed by atoms with Crippen molar-refractivity contribution in [1.82, 2.24) is 15.2 Å². The Labute approximate surface area is 311 Å². The molecule has 52 heavy (non-hydrogen) atoms. The lowest BCUT2D eigenvalue weighted by molar-refractivity contribution is -0.169. The molecular formula is C40H45N3O7S2. The minimum atomic E-state index is -1.77. The highest BCUT2D eigenvalue weighted by molar-refractivity contribution is 7.12. The number of aldehydes is 1. The van der Waals surface area contributed by atoms with Crippen LogP contribution in [0.5, 0.6) is 11.5 Å². The van der Waals surface area contributed by atoms with Gasteiger partial charge in [0.05, 0.1) is 27.8 Å². The molecule has 1 aliphatic carbocycles. The van der Waals surface area contributed by atoms with Gasteiger partial charge in [0.25, 0.3) is 0 Å². The maximum atomic E-state index is 13.3. The second kappa shape index (κ2) is 17.5. The standard InChI is InChI=1S/C40H45N3O7S2/c1-43(29-9-13-31(14-10-29)50-39(47)40(48,35-5-2-23-51-35)36-6-3-24-52-36)21-4-22-49-30-11-7-27(8-12-30)19-20-41-25-28(26-44)32-15-17-34(45)38-33(32)16-18-37(46)42-38/h2-3,5-8,11-12,15-18,23-24,26,28-29,31,41,45,48H,4,9-10,13-14,19-22,25H2,1H3,(H,42,46). The van der Waals surface area contributed by atoms with Gasteiger partial charge in [0.1, 0.15) is 23.9 Å². The van der Waals surface area contributed by atoms with Gasteiger partial charge in [0.15, 0.2) is 0 Å². The summed E-state index contributed by atoms with van der Waals surface area (Å²) in [5.74, 6) is -0.225. The molecule has 3 heterocycles. The van der Waals surface area contributed by atoms with E-state index in [9.17, 15) is 24.6 Å². The molecule has 2 aromatic carbocycles. The maximum Gasteiger partial charge on any atom is 0.349 e. The molecule has 10 nitrogen and oxygen atoms in total. The van der Waals surface area contributed by atoms with E-state index in [0.29, 0.717) is 46.4 Å². The van der Waals surface area contributed by atoms with Gasteiger partial charge in [-0.3, -0.25) is 4.79 Å². The third-order valence-electron chi connectivity index (χ3n) is 9.86. The molecule has 0 amide bonds. The Hall–Kier alpha value is -4.33. The summed E-state index contributed by atoms with van der Waals surface area (Å²) in [7, 11) is 2.14. The van der Waals surface area contributed by atoms with Crippen LogP contribution in [-0.2, 0) is 26.3 Å². The summed E-state index contributed by atoms with van der Waals surface area (Å²) < 4.78 is 11.9. The molecule has 0 saturated heterocycles. The molecular weight excluding hydrogens is 699 g/mol. The molecule has 1 fully saturated rings. The minimum absolute atomic E-state index is 0.0267. The van der Waals surface area contributed by atoms with Crippen molar-refractivity contribution in [1.29, 1.82) is 0 Å². The number of thiophene rings is 2. The van der Waals surface area contributed by atoms with Crippen molar-refractivity contribution in [2.45, 2.75) is 62.2 Å². The predicted molar refractivity (Wildman–Crippen MR) is 205 cm³/mol. The van der Waals surface area contributed by atoms with Crippen LogP contribution in [0.4, 0.5) is 0 Å². The second-order valence-corrected chi connectivity index (χ2v) is 15.2. The number of phenols is 1. The number of aromatic amines is 1. The Kier molecular flexibility index (Phi) is 12.6. The number of carbonyl (C=O) groups excluding carboxylic acids is 2. The van der Waals surface area contributed by atoms with E-state index in [1.54, 1.807) is 24.3 Å². The van der Waals surface area contributed by atoms with Crippen LogP contribution in [-0.4, -0.2) is 77.8 Å². The molecule has 0 spiro atoms. The van der Waals surface area contributed by atoms with Gasteiger partial charge in [-0.05, 0) is 110 Å². The summed E-state index contributed by atoms with van der Waals surface area (Å²) in [6.07, 6.45) is 5.73. The zero-order valence-electron chi connectivity index (χ0n) is 29.2. The van der Waals surface area contributed by atoms with E-state index in [0.717, 1.165) is 68.2 Å². The number of carbonyl (C=O) groups is 2. The zero-order chi connectivity index (χ0) is 36.5. The van der Waals surface area contributed by atoms with Crippen LogP contribution < -0.4 is 15.6 Å². The van der Waals surface area contributed by atoms with Gasteiger partial charge >= 0.3 is 5.97 Å². The summed E-state index contributed by atoms with van der Waals surface area (Å²) in [5, 5.41) is 29.4. The highest BCUT2D eigenvalue weighted by Gasteiger charge is 2.45. The lowest BCUT2D eigenvalue weighted by atomic mass is 9.91. The fraction of sp³-hybridized carbons (Fsp3) is 0.375. The van der Waals surface area contributed by atoms with Crippen molar-refractivity contribution in [3.8, 4) is 11.5 Å². The van der Waals surface area contributed by atoms with E-state index in [-0.39, 0.29) is 17.4 Å². The van der Waals surface area contributed by atoms with Crippen molar-refractivity contribution >= 4 is 45.8 Å². The molecule has 4 N–H and O–H groups in total. The molecule has 274 valence electrons. The number of benzene rings is 2. The third kappa shape index (κ3) is 8.82. The SMILES string of the molecule is CN(CCCOc1ccc(CCNCC(C=O)c2ccc(O)c3[nH]c(=O)ccc23)cc1)C1CCC(OC(=O)C(O)(c2cccs2)c2cccs2)CC1. The summed E-state index contributed by atoms with van der Waals surface area (Å²) in [5.41, 5.74) is 0.155. The first-order chi connectivity index (χ1) is 25.3. The number of ether oxygens (including phenoxy) is 2. The number of H-pyrrole nitrogens is 1. The van der Waals surface area contributed by atoms with Crippen LogP contribution >= 0.6 is 22.7 Å². The normalized spacial score (nSPS) is 16.9. The van der Waals surface area contributed by atoms with Crippen LogP contribution in [0.15, 0.2) is 88.4 Å². The number of nitrogens with zero attached hydrogens (tertiary/aromatic N) is 1. The number of pyridine rings is 1. The van der Waals surface area contributed by atoms with Crippen LogP contribution in [0, 0.1) is 0 Å². The highest BCUT2D eigenvalue weighted by Crippen LogP contribution is 2.38. The molecule has 1 aliphatic rings. The number of aromatic nitrogens is 1. The first kappa shape index (κ1) is 37.4. The zero-order valence-corrected chi connectivity index (χ0v) is 30.8. The molecule has 0 radical (unpaired) electrons. The first-order valence-corrected chi connectivity index (χ1v) is 19.5. The lowest BCUT2D eigenvalue weighted by Crippen LogP contribution is -2.42. The summed E-state index contributed by atoms with van der Waals surface area (Å²) in [4.78, 5) is 43.2. The number of nitrogens with one attached hydrogen (secondary N) is 2. The van der Waals surface area contributed by atoms with E-state index in [2.05, 4.69) is 34.4 Å². The number of hydrogen-bond donors (Lipinski definition) is 4. The number of esters is 1. The van der Waals surface area contributed by atoms with Crippen molar-refractivity contribution in [2.75, 3.05) is 33.3 Å². The lowest BCUT2D eigenvalue weighted by Gasteiger charge is -2.35. The van der Waals surface area contributed by atoms with E-state index in [1.807, 2.05) is 35.0 Å². The monoisotopic (exact) mass is 743 g/mol. The summed E-state index contributed by atoms with van der Waals surface area (Å²) >= 11 is 2.70. The van der Waals surface area contributed by atoms with Crippen LogP contribution in [0.1, 0.15) is 58.9 Å². The van der Waals surface area contributed by atoms with Gasteiger partial charge < -0.3 is 39.7 Å². The van der Waals surface area contributed by atoms with Crippen LogP contribution in [0.2, 0.25) is 0 Å². The minimum Gasteiger partial charge on any atom is -0.506 e. The summed E-state index contributed by atoms with van der Waals surface area (Å²) in [6, 6.07) is 22.0. The average molecular weight is 744 g/mol. The van der Waals surface area contributed by atoms with E-state index in [1.165, 1.54) is 34.8 Å². The van der Waals surface area contributed by atoms with Gasteiger partial charge in [-0.25, -0.2) is 4.79 Å². The van der Waals surface area contributed by atoms with Crippen LogP contribution in [0.3, 0.4) is 0 Å². The maximum absolute atomic E-state index is 13.3. The molecule has 0 aliphatic heterocycles. The van der Waals surface area contributed by atoms with Crippen molar-refractivity contribution in [2.24, 2.45) is 0 Å². The average Bonchev–Trinajstić information content (AvgIpc) is 3.91. The number of aromatic hydroxyl groups is 1. The number of hydrogen-bond acceptors (Lipinski definition) is 11.